The number of hydrogen-bond donors (Lipinski definition) is 1. The molecule has 0 fully saturated rings. The Morgan fingerprint density at radius 3 is 2.14 bits per heavy atom. The molecule has 1 aromatic carbocycles. The van der Waals surface area contributed by atoms with Gasteiger partial charge in [0.25, 0.3) is 0 Å². The SMILES string of the molecule is CCN(CC(F)(F)F)c1ccc(CCN)cc1C(F)(F)F. The van der Waals surface area contributed by atoms with Crippen molar-refractivity contribution in [3.63, 3.8) is 0 Å². The van der Waals surface area contributed by atoms with Crippen molar-refractivity contribution in [3.8, 4) is 0 Å². The maximum absolute atomic E-state index is 13.1. The largest absolute Gasteiger partial charge is 0.418 e. The minimum Gasteiger partial charge on any atom is -0.362 e. The fraction of sp³-hybridized carbons (Fsp3) is 0.538. The third-order valence-electron chi connectivity index (χ3n) is 2.89. The van der Waals surface area contributed by atoms with Gasteiger partial charge in [-0.3, -0.25) is 0 Å². The van der Waals surface area contributed by atoms with Crippen molar-refractivity contribution < 1.29 is 26.3 Å². The molecule has 21 heavy (non-hydrogen) atoms. The average Bonchev–Trinajstić information content (AvgIpc) is 2.34. The van der Waals surface area contributed by atoms with E-state index >= 15 is 0 Å². The lowest BCUT2D eigenvalue weighted by Crippen LogP contribution is -2.35. The molecule has 0 spiro atoms. The predicted molar refractivity (Wildman–Crippen MR) is 68.1 cm³/mol. The lowest BCUT2D eigenvalue weighted by molar-refractivity contribution is -0.138. The highest BCUT2D eigenvalue weighted by Crippen LogP contribution is 2.38. The fourth-order valence-corrected chi connectivity index (χ4v) is 1.99. The molecule has 0 atom stereocenters. The highest BCUT2D eigenvalue weighted by molar-refractivity contribution is 5.56. The van der Waals surface area contributed by atoms with E-state index in [1.165, 1.54) is 13.0 Å². The Hall–Kier alpha value is -1.44. The zero-order chi connectivity index (χ0) is 16.3. The van der Waals surface area contributed by atoms with E-state index in [-0.39, 0.29) is 19.5 Å². The van der Waals surface area contributed by atoms with Crippen LogP contribution in [0.15, 0.2) is 18.2 Å². The molecule has 0 bridgehead atoms. The lowest BCUT2D eigenvalue weighted by atomic mass is 10.0. The maximum atomic E-state index is 13.1. The van der Waals surface area contributed by atoms with Gasteiger partial charge in [0.2, 0.25) is 0 Å². The smallest absolute Gasteiger partial charge is 0.362 e. The van der Waals surface area contributed by atoms with Crippen LogP contribution in [0.25, 0.3) is 0 Å². The average molecular weight is 314 g/mol. The number of nitrogens with zero attached hydrogens (tertiary/aromatic N) is 1. The van der Waals surface area contributed by atoms with Gasteiger partial charge >= 0.3 is 12.4 Å². The van der Waals surface area contributed by atoms with E-state index < -0.39 is 30.1 Å². The maximum Gasteiger partial charge on any atom is 0.418 e. The Morgan fingerprint density at radius 2 is 1.71 bits per heavy atom. The van der Waals surface area contributed by atoms with Crippen LogP contribution in [0.4, 0.5) is 32.0 Å². The number of nitrogens with two attached hydrogens (primary N) is 1. The van der Waals surface area contributed by atoms with Crippen LogP contribution in [0.3, 0.4) is 0 Å². The van der Waals surface area contributed by atoms with Crippen LogP contribution in [0, 0.1) is 0 Å². The standard InChI is InChI=1S/C13H16F6N2/c1-2-21(8-12(14,15)16)11-4-3-9(5-6-20)7-10(11)13(17,18)19/h3-4,7H,2,5-6,8,20H2,1H3. The van der Waals surface area contributed by atoms with Crippen molar-refractivity contribution in [2.75, 3.05) is 24.5 Å². The number of benzene rings is 1. The van der Waals surface area contributed by atoms with Crippen molar-refractivity contribution in [2.45, 2.75) is 25.7 Å². The van der Waals surface area contributed by atoms with Crippen LogP contribution < -0.4 is 10.6 Å². The van der Waals surface area contributed by atoms with Crippen LogP contribution in [0.1, 0.15) is 18.1 Å². The molecule has 8 heteroatoms. The molecule has 1 rings (SSSR count). The highest BCUT2D eigenvalue weighted by atomic mass is 19.4. The third kappa shape index (κ3) is 5.11. The van der Waals surface area contributed by atoms with E-state index in [0.29, 0.717) is 10.5 Å². The van der Waals surface area contributed by atoms with Crippen molar-refractivity contribution >= 4 is 5.69 Å². The minimum absolute atomic E-state index is 0.163. The van der Waals surface area contributed by atoms with Crippen molar-refractivity contribution in [1.82, 2.24) is 0 Å². The third-order valence-corrected chi connectivity index (χ3v) is 2.89. The second-order valence-electron chi connectivity index (χ2n) is 4.52. The lowest BCUT2D eigenvalue weighted by Gasteiger charge is -2.27. The summed E-state index contributed by atoms with van der Waals surface area (Å²) in [4.78, 5) is 0.662. The van der Waals surface area contributed by atoms with Gasteiger partial charge in [0, 0.05) is 12.2 Å². The molecule has 0 saturated heterocycles. The summed E-state index contributed by atoms with van der Waals surface area (Å²) in [6.45, 7) is -0.0714. The van der Waals surface area contributed by atoms with Crippen LogP contribution in [0.2, 0.25) is 0 Å². The molecule has 0 radical (unpaired) electrons. The molecule has 0 heterocycles. The van der Waals surface area contributed by atoms with E-state index in [2.05, 4.69) is 0 Å². The first-order chi connectivity index (χ1) is 9.58. The first-order valence-electron chi connectivity index (χ1n) is 6.30. The van der Waals surface area contributed by atoms with Gasteiger partial charge < -0.3 is 10.6 Å². The molecule has 0 aliphatic carbocycles. The van der Waals surface area contributed by atoms with Crippen molar-refractivity contribution in [3.05, 3.63) is 29.3 Å². The van der Waals surface area contributed by atoms with Crippen LogP contribution >= 0.6 is 0 Å². The summed E-state index contributed by atoms with van der Waals surface area (Å²) < 4.78 is 76.6. The van der Waals surface area contributed by atoms with Gasteiger partial charge in [0.05, 0.1) is 5.56 Å². The van der Waals surface area contributed by atoms with Crippen molar-refractivity contribution in [1.29, 1.82) is 0 Å². The van der Waals surface area contributed by atoms with Gasteiger partial charge in [-0.1, -0.05) is 6.07 Å². The zero-order valence-electron chi connectivity index (χ0n) is 11.4. The summed E-state index contributed by atoms with van der Waals surface area (Å²) in [5, 5.41) is 0. The molecule has 1 aromatic rings. The minimum atomic E-state index is -4.72. The van der Waals surface area contributed by atoms with Crippen LogP contribution in [0.5, 0.6) is 0 Å². The fourth-order valence-electron chi connectivity index (χ4n) is 1.99. The van der Waals surface area contributed by atoms with E-state index in [1.54, 1.807) is 0 Å². The highest BCUT2D eigenvalue weighted by Gasteiger charge is 2.37. The molecular formula is C13H16F6N2. The molecule has 2 nitrogen and oxygen atoms in total. The number of hydrogen-bond acceptors (Lipinski definition) is 2. The summed E-state index contributed by atoms with van der Waals surface area (Å²) in [5.74, 6) is 0. The van der Waals surface area contributed by atoms with E-state index in [4.69, 9.17) is 5.73 Å². The van der Waals surface area contributed by atoms with Gasteiger partial charge in [0.15, 0.2) is 0 Å². The first-order valence-corrected chi connectivity index (χ1v) is 6.30. The van der Waals surface area contributed by atoms with E-state index in [9.17, 15) is 26.3 Å². The number of rotatable bonds is 5. The number of anilines is 1. The Balaban J connectivity index is 3.26. The Bertz CT molecular complexity index is 467. The van der Waals surface area contributed by atoms with Crippen molar-refractivity contribution in [2.24, 2.45) is 5.73 Å². The first kappa shape index (κ1) is 17.6. The Labute approximate surface area is 118 Å². The summed E-state index contributed by atoms with van der Waals surface area (Å²) >= 11 is 0. The molecule has 0 aliphatic heterocycles. The van der Waals surface area contributed by atoms with E-state index in [0.717, 1.165) is 12.1 Å². The monoisotopic (exact) mass is 314 g/mol. The molecule has 0 aliphatic rings. The Morgan fingerprint density at radius 1 is 1.10 bits per heavy atom. The van der Waals surface area contributed by atoms with Gasteiger partial charge in [-0.2, -0.15) is 26.3 Å². The molecule has 0 amide bonds. The number of alkyl halides is 6. The van der Waals surface area contributed by atoms with Gasteiger partial charge in [-0.05, 0) is 37.6 Å². The zero-order valence-corrected chi connectivity index (χ0v) is 11.4. The molecule has 2 N–H and O–H groups in total. The molecule has 0 aromatic heterocycles. The molecular weight excluding hydrogens is 298 g/mol. The summed E-state index contributed by atoms with van der Waals surface area (Å²) in [5.41, 5.74) is 4.09. The summed E-state index contributed by atoms with van der Waals surface area (Å²) in [6.07, 6.45) is -9.07. The topological polar surface area (TPSA) is 29.3 Å². The molecule has 0 unspecified atom stereocenters. The Kier molecular flexibility index (Phi) is 5.49. The quantitative estimate of drug-likeness (QED) is 0.842. The summed E-state index contributed by atoms with van der Waals surface area (Å²) in [7, 11) is 0. The second-order valence-corrected chi connectivity index (χ2v) is 4.52. The van der Waals surface area contributed by atoms with Crippen LogP contribution in [-0.2, 0) is 12.6 Å². The van der Waals surface area contributed by atoms with E-state index in [1.807, 2.05) is 0 Å². The van der Waals surface area contributed by atoms with Gasteiger partial charge in [-0.25, -0.2) is 0 Å². The normalized spacial score (nSPS) is 12.6. The van der Waals surface area contributed by atoms with Gasteiger partial charge in [0.1, 0.15) is 6.54 Å². The number of halogens is 6. The second kappa shape index (κ2) is 6.55. The summed E-state index contributed by atoms with van der Waals surface area (Å²) in [6, 6.07) is 3.31. The predicted octanol–water partition coefficient (Wildman–Crippen LogP) is 3.60. The molecule has 120 valence electrons. The van der Waals surface area contributed by atoms with Crippen LogP contribution in [-0.4, -0.2) is 25.8 Å². The molecule has 0 saturated carbocycles. The van der Waals surface area contributed by atoms with Gasteiger partial charge in [-0.15, -0.1) is 0 Å².